The van der Waals surface area contributed by atoms with E-state index in [1.165, 1.54) is 11.8 Å². The molecule has 1 aliphatic heterocycles. The number of hydrogen-bond donors (Lipinski definition) is 0. The van der Waals surface area contributed by atoms with Crippen LogP contribution in [0.3, 0.4) is 0 Å². The number of ketones is 1. The van der Waals surface area contributed by atoms with E-state index in [2.05, 4.69) is 0 Å². The number of esters is 1. The van der Waals surface area contributed by atoms with Gasteiger partial charge in [0.25, 0.3) is 0 Å². The molecule has 7 heteroatoms. The summed E-state index contributed by atoms with van der Waals surface area (Å²) in [4.78, 5) is 25.7. The topological polar surface area (TPSA) is 77.5 Å². The zero-order valence-electron chi connectivity index (χ0n) is 15.8. The Labute approximate surface area is 169 Å². The highest BCUT2D eigenvalue weighted by Crippen LogP contribution is 2.33. The minimum absolute atomic E-state index is 0.0736. The van der Waals surface area contributed by atoms with Gasteiger partial charge < -0.3 is 4.74 Å². The van der Waals surface area contributed by atoms with E-state index in [0.29, 0.717) is 22.4 Å². The predicted octanol–water partition coefficient (Wildman–Crippen LogP) is 3.62. The molecule has 0 N–H and O–H groups in total. The van der Waals surface area contributed by atoms with Crippen LogP contribution in [-0.2, 0) is 14.6 Å². The molecule has 1 saturated heterocycles. The van der Waals surface area contributed by atoms with Crippen LogP contribution in [0.2, 0.25) is 0 Å². The lowest BCUT2D eigenvalue weighted by Crippen LogP contribution is -2.16. The SMILES string of the molecule is Cc1ccc(C)c(C(=O)COC(=O)c2ccccc2S[C@H]2CCS(=O)(=O)C2)c1. The number of benzene rings is 2. The summed E-state index contributed by atoms with van der Waals surface area (Å²) in [5, 5.41) is -0.0736. The van der Waals surface area contributed by atoms with Crippen molar-refractivity contribution >= 4 is 33.4 Å². The molecule has 0 bridgehead atoms. The second kappa shape index (κ2) is 8.49. The maximum Gasteiger partial charge on any atom is 0.339 e. The van der Waals surface area contributed by atoms with Crippen molar-refractivity contribution in [2.24, 2.45) is 0 Å². The van der Waals surface area contributed by atoms with Gasteiger partial charge in [0, 0.05) is 15.7 Å². The van der Waals surface area contributed by atoms with Crippen molar-refractivity contribution in [3.05, 3.63) is 64.7 Å². The molecule has 2 aromatic carbocycles. The fourth-order valence-corrected chi connectivity index (χ4v) is 6.71. The number of aryl methyl sites for hydroxylation is 2. The number of carbonyl (C=O) groups is 2. The Hall–Kier alpha value is -2.12. The fraction of sp³-hybridized carbons (Fsp3) is 0.333. The van der Waals surface area contributed by atoms with Crippen molar-refractivity contribution in [1.29, 1.82) is 0 Å². The van der Waals surface area contributed by atoms with Gasteiger partial charge in [-0.3, -0.25) is 4.79 Å². The molecule has 3 rings (SSSR count). The summed E-state index contributed by atoms with van der Waals surface area (Å²) >= 11 is 1.38. The van der Waals surface area contributed by atoms with Gasteiger partial charge in [-0.05, 0) is 44.0 Å². The quantitative estimate of drug-likeness (QED) is 0.527. The van der Waals surface area contributed by atoms with E-state index in [1.807, 2.05) is 26.0 Å². The first-order chi connectivity index (χ1) is 13.2. The third-order valence-electron chi connectivity index (χ3n) is 4.62. The molecular weight excluding hydrogens is 396 g/mol. The van der Waals surface area contributed by atoms with Crippen molar-refractivity contribution in [1.82, 2.24) is 0 Å². The van der Waals surface area contributed by atoms with E-state index in [9.17, 15) is 18.0 Å². The maximum absolute atomic E-state index is 12.5. The van der Waals surface area contributed by atoms with E-state index in [1.54, 1.807) is 30.3 Å². The molecule has 0 aliphatic carbocycles. The molecule has 0 saturated carbocycles. The monoisotopic (exact) mass is 418 g/mol. The summed E-state index contributed by atoms with van der Waals surface area (Å²) in [6.45, 7) is 3.41. The number of ether oxygens (including phenoxy) is 1. The summed E-state index contributed by atoms with van der Waals surface area (Å²) in [6, 6.07) is 12.5. The van der Waals surface area contributed by atoms with E-state index >= 15 is 0 Å². The number of Topliss-reactive ketones (excluding diaryl/α,β-unsaturated/α-hetero) is 1. The van der Waals surface area contributed by atoms with Crippen molar-refractivity contribution in [3.8, 4) is 0 Å². The van der Waals surface area contributed by atoms with Crippen LogP contribution in [0.4, 0.5) is 0 Å². The van der Waals surface area contributed by atoms with Crippen LogP contribution in [0, 0.1) is 13.8 Å². The molecular formula is C21H22O5S2. The summed E-state index contributed by atoms with van der Waals surface area (Å²) < 4.78 is 28.6. The largest absolute Gasteiger partial charge is 0.454 e. The first-order valence-electron chi connectivity index (χ1n) is 8.99. The highest BCUT2D eigenvalue weighted by molar-refractivity contribution is 8.02. The number of hydrogen-bond acceptors (Lipinski definition) is 6. The average Bonchev–Trinajstić information content (AvgIpc) is 3.00. The van der Waals surface area contributed by atoms with Gasteiger partial charge in [0.15, 0.2) is 16.4 Å². The van der Waals surface area contributed by atoms with Crippen LogP contribution < -0.4 is 0 Å². The van der Waals surface area contributed by atoms with Gasteiger partial charge in [-0.15, -0.1) is 11.8 Å². The summed E-state index contributed by atoms with van der Waals surface area (Å²) in [5.74, 6) is -0.530. The third kappa shape index (κ3) is 5.02. The zero-order chi connectivity index (χ0) is 20.3. The molecule has 1 fully saturated rings. The van der Waals surface area contributed by atoms with Crippen LogP contribution in [0.1, 0.15) is 38.3 Å². The van der Waals surface area contributed by atoms with Gasteiger partial charge >= 0.3 is 5.97 Å². The Kier molecular flexibility index (Phi) is 6.25. The summed E-state index contributed by atoms with van der Waals surface area (Å²) in [7, 11) is -2.99. The molecule has 0 amide bonds. The molecule has 1 heterocycles. The summed E-state index contributed by atoms with van der Waals surface area (Å²) in [5.41, 5.74) is 2.70. The van der Waals surface area contributed by atoms with Gasteiger partial charge in [-0.25, -0.2) is 13.2 Å². The van der Waals surface area contributed by atoms with Gasteiger partial charge in [0.2, 0.25) is 5.78 Å². The highest BCUT2D eigenvalue weighted by Gasteiger charge is 2.29. The van der Waals surface area contributed by atoms with E-state index in [4.69, 9.17) is 4.74 Å². The lowest BCUT2D eigenvalue weighted by Gasteiger charge is -2.12. The molecule has 5 nitrogen and oxygen atoms in total. The predicted molar refractivity (Wildman–Crippen MR) is 110 cm³/mol. The first kappa shape index (κ1) is 20.6. The van der Waals surface area contributed by atoms with Crippen molar-refractivity contribution in [3.63, 3.8) is 0 Å². The Morgan fingerprint density at radius 2 is 1.86 bits per heavy atom. The van der Waals surface area contributed by atoms with Crippen molar-refractivity contribution in [2.45, 2.75) is 30.4 Å². The smallest absolute Gasteiger partial charge is 0.339 e. The molecule has 0 spiro atoms. The molecule has 148 valence electrons. The Balaban J connectivity index is 1.68. The minimum Gasteiger partial charge on any atom is -0.454 e. The fourth-order valence-electron chi connectivity index (χ4n) is 3.09. The Morgan fingerprint density at radius 3 is 2.57 bits per heavy atom. The van der Waals surface area contributed by atoms with Gasteiger partial charge in [0.1, 0.15) is 0 Å². The maximum atomic E-state index is 12.5. The number of sulfone groups is 1. The molecule has 0 radical (unpaired) electrons. The molecule has 1 aliphatic rings. The Morgan fingerprint density at radius 1 is 1.11 bits per heavy atom. The summed E-state index contributed by atoms with van der Waals surface area (Å²) in [6.07, 6.45) is 0.571. The minimum atomic E-state index is -2.99. The van der Waals surface area contributed by atoms with E-state index in [0.717, 1.165) is 11.1 Å². The number of thioether (sulfide) groups is 1. The molecule has 0 unspecified atom stereocenters. The molecule has 1 atom stereocenters. The first-order valence-corrected chi connectivity index (χ1v) is 11.7. The van der Waals surface area contributed by atoms with E-state index < -0.39 is 15.8 Å². The van der Waals surface area contributed by atoms with Crippen LogP contribution in [0.5, 0.6) is 0 Å². The molecule has 0 aromatic heterocycles. The average molecular weight is 419 g/mol. The van der Waals surface area contributed by atoms with Crippen molar-refractivity contribution in [2.75, 3.05) is 18.1 Å². The van der Waals surface area contributed by atoms with Crippen LogP contribution in [0.25, 0.3) is 0 Å². The normalized spacial score (nSPS) is 18.0. The van der Waals surface area contributed by atoms with Crippen molar-refractivity contribution < 1.29 is 22.7 Å². The van der Waals surface area contributed by atoms with Gasteiger partial charge in [-0.2, -0.15) is 0 Å². The van der Waals surface area contributed by atoms with Crippen LogP contribution in [0.15, 0.2) is 47.4 Å². The lowest BCUT2D eigenvalue weighted by atomic mass is 10.0. The zero-order valence-corrected chi connectivity index (χ0v) is 17.4. The lowest BCUT2D eigenvalue weighted by molar-refractivity contribution is 0.0471. The van der Waals surface area contributed by atoms with Crippen LogP contribution in [-0.4, -0.2) is 43.5 Å². The Bertz CT molecular complexity index is 1010. The number of rotatable bonds is 6. The third-order valence-corrected chi connectivity index (χ3v) is 7.94. The number of carbonyl (C=O) groups excluding carboxylic acids is 2. The van der Waals surface area contributed by atoms with Crippen LogP contribution >= 0.6 is 11.8 Å². The van der Waals surface area contributed by atoms with Gasteiger partial charge in [0.05, 0.1) is 17.1 Å². The van der Waals surface area contributed by atoms with Gasteiger partial charge in [-0.1, -0.05) is 29.8 Å². The standard InChI is InChI=1S/C21H22O5S2/c1-14-7-8-15(2)18(11-14)19(22)12-26-21(23)17-5-3-4-6-20(17)27-16-9-10-28(24,25)13-16/h3-8,11,16H,9-10,12-13H2,1-2H3/t16-/m0/s1. The second-order valence-corrected chi connectivity index (χ2v) is 10.5. The van der Waals surface area contributed by atoms with E-state index in [-0.39, 0.29) is 29.1 Å². The second-order valence-electron chi connectivity index (χ2n) is 6.96. The molecule has 28 heavy (non-hydrogen) atoms. The molecule has 2 aromatic rings. The highest BCUT2D eigenvalue weighted by atomic mass is 32.2.